The smallest absolute Gasteiger partial charge is 0.306 e. The highest BCUT2D eigenvalue weighted by molar-refractivity contribution is 5.71. The van der Waals surface area contributed by atoms with E-state index in [1.54, 1.807) is 0 Å². The van der Waals surface area contributed by atoms with Crippen molar-refractivity contribution in [2.45, 2.75) is 277 Å². The van der Waals surface area contributed by atoms with Crippen LogP contribution in [-0.4, -0.2) is 37.2 Å². The summed E-state index contributed by atoms with van der Waals surface area (Å²) in [5.74, 6) is -0.973. The zero-order valence-corrected chi connectivity index (χ0v) is 51.5. The highest BCUT2D eigenvalue weighted by Crippen LogP contribution is 2.14. The highest BCUT2D eigenvalue weighted by atomic mass is 16.6. The lowest BCUT2D eigenvalue weighted by molar-refractivity contribution is -0.167. The van der Waals surface area contributed by atoms with Crippen molar-refractivity contribution < 1.29 is 28.6 Å². The zero-order valence-electron chi connectivity index (χ0n) is 51.5. The van der Waals surface area contributed by atoms with E-state index in [1.807, 2.05) is 0 Å². The van der Waals surface area contributed by atoms with Gasteiger partial charge in [0.15, 0.2) is 6.10 Å². The van der Waals surface area contributed by atoms with Gasteiger partial charge in [0.2, 0.25) is 0 Å². The molecule has 0 spiro atoms. The van der Waals surface area contributed by atoms with Crippen LogP contribution in [0.1, 0.15) is 271 Å². The number of hydrogen-bond donors (Lipinski definition) is 0. The van der Waals surface area contributed by atoms with Crippen LogP contribution in [0, 0.1) is 0 Å². The topological polar surface area (TPSA) is 78.9 Å². The summed E-state index contributed by atoms with van der Waals surface area (Å²) in [4.78, 5) is 38.4. The fourth-order valence-corrected chi connectivity index (χ4v) is 8.44. The van der Waals surface area contributed by atoms with Gasteiger partial charge in [-0.3, -0.25) is 14.4 Å². The van der Waals surface area contributed by atoms with Gasteiger partial charge in [-0.05, 0) is 148 Å². The van der Waals surface area contributed by atoms with Gasteiger partial charge in [-0.1, -0.05) is 262 Å². The van der Waals surface area contributed by atoms with Crippen molar-refractivity contribution in [2.24, 2.45) is 0 Å². The molecule has 0 amide bonds. The molecule has 0 aliphatic heterocycles. The minimum Gasteiger partial charge on any atom is -0.462 e. The zero-order chi connectivity index (χ0) is 57.8. The molecule has 0 aromatic carbocycles. The fourth-order valence-electron chi connectivity index (χ4n) is 8.44. The van der Waals surface area contributed by atoms with E-state index < -0.39 is 6.10 Å². The molecule has 0 aromatic rings. The fraction of sp³-hybridized carbons (Fsp3) is 0.608. The normalized spacial score (nSPS) is 13.2. The maximum Gasteiger partial charge on any atom is 0.306 e. The molecule has 0 radical (unpaired) electrons. The molecule has 1 unspecified atom stereocenters. The predicted molar refractivity (Wildman–Crippen MR) is 348 cm³/mol. The minimum atomic E-state index is -0.819. The third-order valence-corrected chi connectivity index (χ3v) is 13.2. The molecule has 0 saturated carbocycles. The van der Waals surface area contributed by atoms with Gasteiger partial charge in [-0.15, -0.1) is 0 Å². The van der Waals surface area contributed by atoms with E-state index in [-0.39, 0.29) is 37.5 Å². The molecular formula is C74H118O6. The predicted octanol–water partition coefficient (Wildman–Crippen LogP) is 22.5. The summed E-state index contributed by atoms with van der Waals surface area (Å²) < 4.78 is 16.9. The Morgan fingerprint density at radius 2 is 0.487 bits per heavy atom. The molecule has 0 aliphatic rings. The SMILES string of the molecule is CC/C=C\C/C=C\C/C=C\C/C=C\C/C=C\C/C=C\CCCCC(=O)OC(COC(=O)CCCCCCCCC/C=C\C/C=C\C/C=C\C/C=C\C/C=C\CC)COC(=O)CCCCCCCCC/C=C\C/C=C\CCCCCC. The van der Waals surface area contributed by atoms with Crippen LogP contribution in [0.15, 0.2) is 158 Å². The number of esters is 3. The molecule has 0 aliphatic carbocycles. The van der Waals surface area contributed by atoms with Crippen LogP contribution in [-0.2, 0) is 28.6 Å². The third kappa shape index (κ3) is 63.9. The number of hydrogen-bond acceptors (Lipinski definition) is 6. The number of rotatable bonds is 57. The highest BCUT2D eigenvalue weighted by Gasteiger charge is 2.19. The van der Waals surface area contributed by atoms with Gasteiger partial charge in [0.25, 0.3) is 0 Å². The lowest BCUT2D eigenvalue weighted by Gasteiger charge is -2.18. The molecule has 0 saturated heterocycles. The van der Waals surface area contributed by atoms with Gasteiger partial charge in [0, 0.05) is 19.3 Å². The molecule has 0 fully saturated rings. The molecule has 450 valence electrons. The first-order valence-corrected chi connectivity index (χ1v) is 32.5. The molecule has 0 aromatic heterocycles. The molecule has 6 heteroatoms. The van der Waals surface area contributed by atoms with Crippen molar-refractivity contribution in [2.75, 3.05) is 13.2 Å². The van der Waals surface area contributed by atoms with Crippen LogP contribution in [0.2, 0.25) is 0 Å². The van der Waals surface area contributed by atoms with E-state index in [0.29, 0.717) is 19.3 Å². The standard InChI is InChI=1S/C74H118O6/c1-4-7-10-13-16-19-22-25-28-31-34-36-37-39-40-43-46-49-52-55-58-61-64-67-73(76)79-70-71(69-78-72(75)66-63-60-57-54-51-48-45-42-33-30-27-24-21-18-15-12-9-6-3)80-74(77)68-65-62-59-56-53-50-47-44-41-38-35-32-29-26-23-20-17-14-11-8-5-2/h7-8,10-11,16-17,19-21,24-26,28-30,33-36,38-40,44,47,53,56,71H,4-6,9,12-15,18,22-23,27,31-32,37,41-43,45-46,48-52,54-55,57-70H2,1-3H3/b10-7-,11-8-,19-16-,20-17-,24-21-,28-25-,29-26-,33-30-,36-34-,38-35-,40-39-,47-44-,56-53-. The Bertz CT molecular complexity index is 1790. The van der Waals surface area contributed by atoms with Crippen molar-refractivity contribution in [1.82, 2.24) is 0 Å². The van der Waals surface area contributed by atoms with Crippen molar-refractivity contribution in [3.05, 3.63) is 158 Å². The first-order valence-electron chi connectivity index (χ1n) is 32.5. The van der Waals surface area contributed by atoms with Gasteiger partial charge >= 0.3 is 17.9 Å². The second-order valence-corrected chi connectivity index (χ2v) is 20.9. The molecule has 0 rings (SSSR count). The molecule has 0 bridgehead atoms. The monoisotopic (exact) mass is 1100 g/mol. The van der Waals surface area contributed by atoms with Crippen LogP contribution in [0.4, 0.5) is 0 Å². The van der Waals surface area contributed by atoms with Gasteiger partial charge < -0.3 is 14.2 Å². The number of unbranched alkanes of at least 4 members (excludes halogenated alkanes) is 20. The Morgan fingerprint density at radius 3 is 0.787 bits per heavy atom. The lowest BCUT2D eigenvalue weighted by Crippen LogP contribution is -2.30. The maximum atomic E-state index is 12.9. The lowest BCUT2D eigenvalue weighted by atomic mass is 10.1. The summed E-state index contributed by atoms with van der Waals surface area (Å²) in [5.41, 5.74) is 0. The van der Waals surface area contributed by atoms with Crippen LogP contribution in [0.25, 0.3) is 0 Å². The Morgan fingerprint density at radius 1 is 0.263 bits per heavy atom. The van der Waals surface area contributed by atoms with Crippen molar-refractivity contribution >= 4 is 17.9 Å². The summed E-state index contributed by atoms with van der Waals surface area (Å²) in [5, 5.41) is 0. The first kappa shape index (κ1) is 75.0. The quantitative estimate of drug-likeness (QED) is 0.0261. The summed E-state index contributed by atoms with van der Waals surface area (Å²) in [6.07, 6.45) is 96.7. The maximum absolute atomic E-state index is 12.9. The Kier molecular flexibility index (Phi) is 62.4. The number of carbonyl (C=O) groups excluding carboxylic acids is 3. The minimum absolute atomic E-state index is 0.110. The van der Waals surface area contributed by atoms with E-state index in [2.05, 4.69) is 179 Å². The Labute approximate surface area is 492 Å². The van der Waals surface area contributed by atoms with E-state index in [0.717, 1.165) is 141 Å². The molecule has 6 nitrogen and oxygen atoms in total. The summed E-state index contributed by atoms with van der Waals surface area (Å²) >= 11 is 0. The second kappa shape index (κ2) is 66.5. The van der Waals surface area contributed by atoms with E-state index >= 15 is 0 Å². The summed E-state index contributed by atoms with van der Waals surface area (Å²) in [6.45, 7) is 6.35. The van der Waals surface area contributed by atoms with Gasteiger partial charge in [-0.2, -0.15) is 0 Å². The van der Waals surface area contributed by atoms with Gasteiger partial charge in [-0.25, -0.2) is 0 Å². The van der Waals surface area contributed by atoms with E-state index in [1.165, 1.54) is 83.5 Å². The van der Waals surface area contributed by atoms with E-state index in [4.69, 9.17) is 14.2 Å². The number of allylic oxidation sites excluding steroid dienone is 26. The third-order valence-electron chi connectivity index (χ3n) is 13.2. The molecule has 1 atom stereocenters. The summed E-state index contributed by atoms with van der Waals surface area (Å²) in [7, 11) is 0. The first-order chi connectivity index (χ1) is 39.5. The number of carbonyl (C=O) groups is 3. The average molecular weight is 1100 g/mol. The molecule has 0 N–H and O–H groups in total. The van der Waals surface area contributed by atoms with Crippen molar-refractivity contribution in [3.8, 4) is 0 Å². The number of ether oxygens (including phenoxy) is 3. The van der Waals surface area contributed by atoms with Crippen LogP contribution >= 0.6 is 0 Å². The second-order valence-electron chi connectivity index (χ2n) is 20.9. The van der Waals surface area contributed by atoms with Crippen molar-refractivity contribution in [1.29, 1.82) is 0 Å². The molecule has 0 heterocycles. The Balaban J connectivity index is 4.53. The van der Waals surface area contributed by atoms with Gasteiger partial charge in [0.1, 0.15) is 13.2 Å². The molecule has 80 heavy (non-hydrogen) atoms. The molecular weight excluding hydrogens is 985 g/mol. The van der Waals surface area contributed by atoms with Crippen LogP contribution in [0.3, 0.4) is 0 Å². The van der Waals surface area contributed by atoms with Crippen molar-refractivity contribution in [3.63, 3.8) is 0 Å². The van der Waals surface area contributed by atoms with E-state index in [9.17, 15) is 14.4 Å². The Hall–Kier alpha value is -4.97. The van der Waals surface area contributed by atoms with Gasteiger partial charge in [0.05, 0.1) is 0 Å². The van der Waals surface area contributed by atoms with Crippen LogP contribution < -0.4 is 0 Å². The average Bonchev–Trinajstić information content (AvgIpc) is 3.46. The summed E-state index contributed by atoms with van der Waals surface area (Å²) in [6, 6.07) is 0. The largest absolute Gasteiger partial charge is 0.462 e. The van der Waals surface area contributed by atoms with Crippen LogP contribution in [0.5, 0.6) is 0 Å².